The molecular formula is C15H27N3O. The number of nitrogens with zero attached hydrogens (tertiary/aromatic N) is 2. The Labute approximate surface area is 115 Å². The average Bonchev–Trinajstić information content (AvgIpc) is 2.75. The predicted octanol–water partition coefficient (Wildman–Crippen LogP) is 2.23. The summed E-state index contributed by atoms with van der Waals surface area (Å²) in [6.45, 7) is 6.93. The van der Waals surface area contributed by atoms with Crippen molar-refractivity contribution in [3.05, 3.63) is 22.9 Å². The van der Waals surface area contributed by atoms with E-state index in [0.29, 0.717) is 6.04 Å². The number of nitrogens with one attached hydrogen (secondary N) is 1. The van der Waals surface area contributed by atoms with Crippen LogP contribution in [0, 0.1) is 5.92 Å². The smallest absolute Gasteiger partial charge is 0.312 e. The Kier molecular flexibility index (Phi) is 5.25. The molecule has 0 bridgehead atoms. The highest BCUT2D eigenvalue weighted by atomic mass is 16.1. The van der Waals surface area contributed by atoms with Gasteiger partial charge in [-0.2, -0.15) is 0 Å². The van der Waals surface area contributed by atoms with Crippen molar-refractivity contribution in [3.8, 4) is 0 Å². The lowest BCUT2D eigenvalue weighted by molar-refractivity contribution is 0.305. The van der Waals surface area contributed by atoms with Crippen molar-refractivity contribution >= 4 is 0 Å². The van der Waals surface area contributed by atoms with Gasteiger partial charge >= 0.3 is 5.69 Å². The fraction of sp³-hybridized carbons (Fsp3) is 0.800. The topological polar surface area (TPSA) is 39.0 Å². The van der Waals surface area contributed by atoms with E-state index < -0.39 is 0 Å². The normalized spacial score (nSPS) is 23.7. The lowest BCUT2D eigenvalue weighted by Gasteiger charge is -2.27. The summed E-state index contributed by atoms with van der Waals surface area (Å²) in [4.78, 5) is 12.0. The summed E-state index contributed by atoms with van der Waals surface area (Å²) in [6, 6.07) is 0.657. The number of aryl methyl sites for hydroxylation is 1. The van der Waals surface area contributed by atoms with Crippen LogP contribution in [0.3, 0.4) is 0 Å². The Balaban J connectivity index is 1.75. The van der Waals surface area contributed by atoms with E-state index in [-0.39, 0.29) is 5.69 Å². The predicted molar refractivity (Wildman–Crippen MR) is 78.4 cm³/mol. The lowest BCUT2D eigenvalue weighted by Crippen LogP contribution is -2.36. The molecule has 2 rings (SSSR count). The fourth-order valence-electron chi connectivity index (χ4n) is 2.89. The molecule has 0 spiro atoms. The maximum Gasteiger partial charge on any atom is 0.328 e. The minimum atomic E-state index is 0.126. The third kappa shape index (κ3) is 3.96. The van der Waals surface area contributed by atoms with Crippen LogP contribution >= 0.6 is 0 Å². The second-order valence-electron chi connectivity index (χ2n) is 5.88. The lowest BCUT2D eigenvalue weighted by atomic mass is 9.87. The molecule has 1 heterocycles. The van der Waals surface area contributed by atoms with E-state index in [9.17, 15) is 4.79 Å². The quantitative estimate of drug-likeness (QED) is 0.856. The summed E-state index contributed by atoms with van der Waals surface area (Å²) in [7, 11) is 0. The van der Waals surface area contributed by atoms with E-state index in [0.717, 1.165) is 32.0 Å². The number of hydrogen-bond donors (Lipinski definition) is 1. The van der Waals surface area contributed by atoms with Gasteiger partial charge in [-0.3, -0.25) is 9.13 Å². The molecule has 0 radical (unpaired) electrons. The third-order valence-electron chi connectivity index (χ3n) is 4.18. The van der Waals surface area contributed by atoms with Crippen molar-refractivity contribution in [1.82, 2.24) is 14.5 Å². The number of rotatable bonds is 6. The largest absolute Gasteiger partial charge is 0.328 e. The van der Waals surface area contributed by atoms with Gasteiger partial charge in [-0.1, -0.05) is 13.8 Å². The number of imidazole rings is 1. The zero-order valence-electron chi connectivity index (χ0n) is 12.3. The van der Waals surface area contributed by atoms with Gasteiger partial charge in [-0.05, 0) is 38.0 Å². The summed E-state index contributed by atoms with van der Waals surface area (Å²) >= 11 is 0. The highest BCUT2D eigenvalue weighted by Gasteiger charge is 2.17. The Bertz CT molecular complexity index is 427. The first-order chi connectivity index (χ1) is 9.20. The van der Waals surface area contributed by atoms with Crippen molar-refractivity contribution in [2.45, 2.75) is 65.1 Å². The van der Waals surface area contributed by atoms with Crippen LogP contribution in [0.5, 0.6) is 0 Å². The van der Waals surface area contributed by atoms with E-state index in [4.69, 9.17) is 0 Å². The van der Waals surface area contributed by atoms with Crippen LogP contribution in [0.1, 0.15) is 46.0 Å². The number of aromatic nitrogens is 2. The third-order valence-corrected chi connectivity index (χ3v) is 4.18. The van der Waals surface area contributed by atoms with Crippen LogP contribution in [0.15, 0.2) is 17.2 Å². The monoisotopic (exact) mass is 265 g/mol. The first-order valence-electron chi connectivity index (χ1n) is 7.69. The zero-order chi connectivity index (χ0) is 13.7. The second-order valence-corrected chi connectivity index (χ2v) is 5.88. The van der Waals surface area contributed by atoms with Gasteiger partial charge in [-0.25, -0.2) is 4.79 Å². The molecular weight excluding hydrogens is 238 g/mol. The van der Waals surface area contributed by atoms with Crippen LogP contribution in [0.25, 0.3) is 0 Å². The first-order valence-corrected chi connectivity index (χ1v) is 7.69. The molecule has 1 aliphatic carbocycles. The highest BCUT2D eigenvalue weighted by molar-refractivity contribution is 4.82. The summed E-state index contributed by atoms with van der Waals surface area (Å²) in [5.41, 5.74) is 0.126. The molecule has 1 saturated carbocycles. The van der Waals surface area contributed by atoms with E-state index in [1.54, 1.807) is 4.57 Å². The first kappa shape index (κ1) is 14.4. The van der Waals surface area contributed by atoms with Crippen LogP contribution in [-0.2, 0) is 13.1 Å². The van der Waals surface area contributed by atoms with Gasteiger partial charge in [0.2, 0.25) is 0 Å². The minimum Gasteiger partial charge on any atom is -0.312 e. The summed E-state index contributed by atoms with van der Waals surface area (Å²) in [6.07, 6.45) is 10.0. The van der Waals surface area contributed by atoms with Crippen molar-refractivity contribution < 1.29 is 0 Å². The Morgan fingerprint density at radius 2 is 1.79 bits per heavy atom. The molecule has 0 saturated heterocycles. The maximum atomic E-state index is 12.0. The van der Waals surface area contributed by atoms with Gasteiger partial charge in [0.05, 0.1) is 0 Å². The Morgan fingerprint density at radius 3 is 2.42 bits per heavy atom. The molecule has 4 nitrogen and oxygen atoms in total. The Morgan fingerprint density at radius 1 is 1.16 bits per heavy atom. The molecule has 0 unspecified atom stereocenters. The van der Waals surface area contributed by atoms with Gasteiger partial charge in [0.25, 0.3) is 0 Å². The van der Waals surface area contributed by atoms with Gasteiger partial charge in [0.1, 0.15) is 0 Å². The van der Waals surface area contributed by atoms with Crippen molar-refractivity contribution in [1.29, 1.82) is 0 Å². The van der Waals surface area contributed by atoms with Crippen LogP contribution in [0.2, 0.25) is 0 Å². The average molecular weight is 265 g/mol. The van der Waals surface area contributed by atoms with Crippen molar-refractivity contribution in [3.63, 3.8) is 0 Å². The molecule has 0 atom stereocenters. The molecule has 108 valence electrons. The SMILES string of the molecule is CCCn1ccn(CCNC2CCC(C)CC2)c1=O. The fourth-order valence-corrected chi connectivity index (χ4v) is 2.89. The summed E-state index contributed by atoms with van der Waals surface area (Å²) < 4.78 is 3.61. The molecule has 1 aromatic heterocycles. The van der Waals surface area contributed by atoms with Crippen LogP contribution < -0.4 is 11.0 Å². The highest BCUT2D eigenvalue weighted by Crippen LogP contribution is 2.23. The van der Waals surface area contributed by atoms with Crippen LogP contribution in [0.4, 0.5) is 0 Å². The van der Waals surface area contributed by atoms with Gasteiger partial charge < -0.3 is 5.32 Å². The Hall–Kier alpha value is -1.03. The molecule has 4 heteroatoms. The summed E-state index contributed by atoms with van der Waals surface area (Å²) in [5.74, 6) is 0.892. The molecule has 0 aliphatic heterocycles. The van der Waals surface area contributed by atoms with Gasteiger partial charge in [0, 0.05) is 38.1 Å². The van der Waals surface area contributed by atoms with E-state index in [1.165, 1.54) is 25.7 Å². The molecule has 1 aliphatic rings. The van der Waals surface area contributed by atoms with E-state index >= 15 is 0 Å². The van der Waals surface area contributed by atoms with E-state index in [1.807, 2.05) is 17.0 Å². The standard InChI is InChI=1S/C15H27N3O/c1-3-9-17-11-12-18(15(17)19)10-8-16-14-6-4-13(2)5-7-14/h11-14,16H,3-10H2,1-2H3. The molecule has 19 heavy (non-hydrogen) atoms. The minimum absolute atomic E-state index is 0.126. The molecule has 1 fully saturated rings. The zero-order valence-corrected chi connectivity index (χ0v) is 12.3. The molecule has 0 aromatic carbocycles. The van der Waals surface area contributed by atoms with Crippen molar-refractivity contribution in [2.24, 2.45) is 5.92 Å². The van der Waals surface area contributed by atoms with E-state index in [2.05, 4.69) is 19.2 Å². The maximum absolute atomic E-state index is 12.0. The summed E-state index contributed by atoms with van der Waals surface area (Å²) in [5, 5.41) is 3.59. The number of hydrogen-bond acceptors (Lipinski definition) is 2. The van der Waals surface area contributed by atoms with Gasteiger partial charge in [-0.15, -0.1) is 0 Å². The van der Waals surface area contributed by atoms with Crippen molar-refractivity contribution in [2.75, 3.05) is 6.54 Å². The van der Waals surface area contributed by atoms with Gasteiger partial charge in [0.15, 0.2) is 0 Å². The molecule has 1 aromatic rings. The molecule has 1 N–H and O–H groups in total. The second kappa shape index (κ2) is 6.94. The molecule has 0 amide bonds. The van der Waals surface area contributed by atoms with Crippen LogP contribution in [-0.4, -0.2) is 21.7 Å².